The van der Waals surface area contributed by atoms with Crippen molar-refractivity contribution >= 4 is 34.6 Å². The first-order chi connectivity index (χ1) is 11.8. The van der Waals surface area contributed by atoms with Crippen molar-refractivity contribution in [2.24, 2.45) is 0 Å². The second kappa shape index (κ2) is 7.40. The highest BCUT2D eigenvalue weighted by atomic mass is 32.1. The Morgan fingerprint density at radius 1 is 0.958 bits per heavy atom. The van der Waals surface area contributed by atoms with Gasteiger partial charge in [0.2, 0.25) is 5.78 Å². The second-order valence-electron chi connectivity index (χ2n) is 5.09. The second-order valence-corrected chi connectivity index (χ2v) is 6.04. The molecule has 3 nitrogen and oxygen atoms in total. The molecule has 0 atom stereocenters. The quantitative estimate of drug-likeness (QED) is 0.393. The summed E-state index contributed by atoms with van der Waals surface area (Å²) in [6.45, 7) is 0. The Hall–Kier alpha value is -3.16. The predicted octanol–water partition coefficient (Wildman–Crippen LogP) is 5.28. The maximum Gasteiger partial charge on any atom is 0.213 e. The van der Waals surface area contributed by atoms with Crippen LogP contribution in [-0.4, -0.2) is 5.78 Å². The molecular weight excluding hydrogens is 316 g/mol. The van der Waals surface area contributed by atoms with Crippen LogP contribution < -0.4 is 5.32 Å². The molecule has 4 heteroatoms. The Kier molecular flexibility index (Phi) is 4.85. The lowest BCUT2D eigenvalue weighted by atomic mass is 10.1. The van der Waals surface area contributed by atoms with Crippen molar-refractivity contribution in [3.8, 4) is 6.07 Å². The molecule has 3 aromatic rings. The minimum absolute atomic E-state index is 0.140. The molecule has 0 amide bonds. The van der Waals surface area contributed by atoms with E-state index in [2.05, 4.69) is 5.32 Å². The number of carbonyl (C=O) groups excluding carboxylic acids is 1. The van der Waals surface area contributed by atoms with Crippen molar-refractivity contribution < 1.29 is 4.79 Å². The number of Topliss-reactive ketones (excluding diaryl/α,β-unsaturated/α-hetero) is 1. The van der Waals surface area contributed by atoms with Crippen LogP contribution in [-0.2, 0) is 0 Å². The van der Waals surface area contributed by atoms with Crippen LogP contribution in [0.3, 0.4) is 0 Å². The fraction of sp³-hybridized carbons (Fsp3) is 0. The van der Waals surface area contributed by atoms with Gasteiger partial charge in [0.15, 0.2) is 0 Å². The first kappa shape index (κ1) is 15.7. The standard InChI is InChI=1S/C20H14N2OS/c21-14-16(20(23)19-7-4-12-24-19)13-15-8-10-18(11-9-15)22-17-5-2-1-3-6-17/h1-13,22H/b16-13+. The Bertz CT molecular complexity index is 889. The number of carbonyl (C=O) groups is 1. The van der Waals surface area contributed by atoms with Gasteiger partial charge in [-0.2, -0.15) is 5.26 Å². The van der Waals surface area contributed by atoms with E-state index in [0.29, 0.717) is 4.88 Å². The third-order valence-corrected chi connectivity index (χ3v) is 4.26. The molecule has 0 unspecified atom stereocenters. The van der Waals surface area contributed by atoms with Gasteiger partial charge >= 0.3 is 0 Å². The number of nitrogens with zero attached hydrogens (tertiary/aromatic N) is 1. The van der Waals surface area contributed by atoms with Crippen LogP contribution in [0.2, 0.25) is 0 Å². The number of hydrogen-bond acceptors (Lipinski definition) is 4. The maximum absolute atomic E-state index is 12.3. The van der Waals surface area contributed by atoms with Crippen LogP contribution in [0.1, 0.15) is 15.2 Å². The molecule has 0 aliphatic carbocycles. The average Bonchev–Trinajstić information content (AvgIpc) is 3.16. The number of para-hydroxylation sites is 1. The van der Waals surface area contributed by atoms with Gasteiger partial charge in [-0.3, -0.25) is 4.79 Å². The molecule has 1 aromatic heterocycles. The highest BCUT2D eigenvalue weighted by Crippen LogP contribution is 2.20. The third kappa shape index (κ3) is 3.78. The van der Waals surface area contributed by atoms with Crippen LogP contribution in [0.5, 0.6) is 0 Å². The van der Waals surface area contributed by atoms with E-state index in [1.807, 2.05) is 66.0 Å². The summed E-state index contributed by atoms with van der Waals surface area (Å²) in [5.74, 6) is -0.237. The number of nitriles is 1. The molecule has 24 heavy (non-hydrogen) atoms. The Morgan fingerprint density at radius 3 is 2.29 bits per heavy atom. The molecule has 1 heterocycles. The Balaban J connectivity index is 1.77. The molecule has 0 aliphatic rings. The van der Waals surface area contributed by atoms with Crippen LogP contribution in [0.15, 0.2) is 77.7 Å². The highest BCUT2D eigenvalue weighted by Gasteiger charge is 2.12. The van der Waals surface area contributed by atoms with Crippen LogP contribution in [0.4, 0.5) is 11.4 Å². The van der Waals surface area contributed by atoms with E-state index in [9.17, 15) is 10.1 Å². The largest absolute Gasteiger partial charge is 0.356 e. The van der Waals surface area contributed by atoms with Gasteiger partial charge in [0.1, 0.15) is 11.6 Å². The molecule has 0 saturated carbocycles. The van der Waals surface area contributed by atoms with E-state index >= 15 is 0 Å². The van der Waals surface area contributed by atoms with Gasteiger partial charge in [-0.15, -0.1) is 11.3 Å². The van der Waals surface area contributed by atoms with Crippen molar-refractivity contribution in [1.29, 1.82) is 5.26 Å². The van der Waals surface area contributed by atoms with E-state index in [1.54, 1.807) is 18.2 Å². The molecule has 0 fully saturated rings. The zero-order valence-electron chi connectivity index (χ0n) is 12.8. The summed E-state index contributed by atoms with van der Waals surface area (Å²) < 4.78 is 0. The first-order valence-corrected chi connectivity index (χ1v) is 8.26. The molecule has 0 spiro atoms. The molecule has 0 aliphatic heterocycles. The number of anilines is 2. The molecule has 0 radical (unpaired) electrons. The normalized spacial score (nSPS) is 10.9. The van der Waals surface area contributed by atoms with Gasteiger partial charge in [-0.1, -0.05) is 36.4 Å². The number of hydrogen-bond donors (Lipinski definition) is 1. The molecule has 1 N–H and O–H groups in total. The lowest BCUT2D eigenvalue weighted by Gasteiger charge is -2.06. The molecular formula is C20H14N2OS. The minimum Gasteiger partial charge on any atom is -0.356 e. The van der Waals surface area contributed by atoms with Gasteiger partial charge in [-0.25, -0.2) is 0 Å². The van der Waals surface area contributed by atoms with Gasteiger partial charge < -0.3 is 5.32 Å². The van der Waals surface area contributed by atoms with Gasteiger partial charge in [0, 0.05) is 11.4 Å². The van der Waals surface area contributed by atoms with E-state index < -0.39 is 0 Å². The fourth-order valence-corrected chi connectivity index (χ4v) is 2.88. The van der Waals surface area contributed by atoms with Crippen LogP contribution in [0.25, 0.3) is 6.08 Å². The van der Waals surface area contributed by atoms with Crippen molar-refractivity contribution in [3.05, 3.63) is 88.1 Å². The zero-order valence-corrected chi connectivity index (χ0v) is 13.6. The summed E-state index contributed by atoms with van der Waals surface area (Å²) >= 11 is 1.34. The minimum atomic E-state index is -0.237. The number of thiophene rings is 1. The first-order valence-electron chi connectivity index (χ1n) is 7.38. The van der Waals surface area contributed by atoms with E-state index in [4.69, 9.17) is 0 Å². The number of allylic oxidation sites excluding steroid dienone is 1. The van der Waals surface area contributed by atoms with E-state index in [-0.39, 0.29) is 11.4 Å². The summed E-state index contributed by atoms with van der Waals surface area (Å²) in [6, 6.07) is 23.0. The van der Waals surface area contributed by atoms with E-state index in [1.165, 1.54) is 11.3 Å². The topological polar surface area (TPSA) is 52.9 Å². The number of rotatable bonds is 5. The van der Waals surface area contributed by atoms with Crippen molar-refractivity contribution in [2.75, 3.05) is 5.32 Å². The maximum atomic E-state index is 12.3. The molecule has 2 aromatic carbocycles. The van der Waals surface area contributed by atoms with E-state index in [0.717, 1.165) is 16.9 Å². The Labute approximate surface area is 144 Å². The van der Waals surface area contributed by atoms with Crippen molar-refractivity contribution in [1.82, 2.24) is 0 Å². The van der Waals surface area contributed by atoms with Crippen molar-refractivity contribution in [2.45, 2.75) is 0 Å². The SMILES string of the molecule is N#C/C(=C\c1ccc(Nc2ccccc2)cc1)C(=O)c1cccs1. The van der Waals surface area contributed by atoms with Gasteiger partial charge in [0.25, 0.3) is 0 Å². The summed E-state index contributed by atoms with van der Waals surface area (Å²) in [6.07, 6.45) is 1.62. The molecule has 116 valence electrons. The highest BCUT2D eigenvalue weighted by molar-refractivity contribution is 7.12. The number of ketones is 1. The lowest BCUT2D eigenvalue weighted by molar-refractivity contribution is 0.104. The summed E-state index contributed by atoms with van der Waals surface area (Å²) in [7, 11) is 0. The van der Waals surface area contributed by atoms with Crippen molar-refractivity contribution in [3.63, 3.8) is 0 Å². The summed E-state index contributed by atoms with van der Waals surface area (Å²) in [5.41, 5.74) is 2.91. The zero-order chi connectivity index (χ0) is 16.8. The number of benzene rings is 2. The smallest absolute Gasteiger partial charge is 0.213 e. The fourth-order valence-electron chi connectivity index (χ4n) is 2.21. The lowest BCUT2D eigenvalue weighted by Crippen LogP contribution is -1.99. The monoisotopic (exact) mass is 330 g/mol. The number of nitrogens with one attached hydrogen (secondary N) is 1. The average molecular weight is 330 g/mol. The van der Waals surface area contributed by atoms with Crippen LogP contribution >= 0.6 is 11.3 Å². The van der Waals surface area contributed by atoms with Gasteiger partial charge in [0.05, 0.1) is 4.88 Å². The molecule has 0 bridgehead atoms. The Morgan fingerprint density at radius 2 is 1.67 bits per heavy atom. The summed E-state index contributed by atoms with van der Waals surface area (Å²) in [4.78, 5) is 12.8. The third-order valence-electron chi connectivity index (χ3n) is 3.39. The van der Waals surface area contributed by atoms with Crippen LogP contribution in [0, 0.1) is 11.3 Å². The van der Waals surface area contributed by atoms with Gasteiger partial charge in [-0.05, 0) is 47.4 Å². The summed E-state index contributed by atoms with van der Waals surface area (Å²) in [5, 5.41) is 14.4. The molecule has 0 saturated heterocycles. The predicted molar refractivity (Wildman–Crippen MR) is 98.4 cm³/mol. The molecule has 3 rings (SSSR count).